The van der Waals surface area contributed by atoms with Crippen LogP contribution in [-0.2, 0) is 9.59 Å². The number of likely N-dealkylation sites (N-methyl/N-ethyl adjacent to an activating group) is 2. The summed E-state index contributed by atoms with van der Waals surface area (Å²) in [6.45, 7) is 1.66. The zero-order valence-electron chi connectivity index (χ0n) is 14.7. The van der Waals surface area contributed by atoms with Crippen LogP contribution in [0.15, 0.2) is 34.2 Å². The van der Waals surface area contributed by atoms with Crippen molar-refractivity contribution < 1.29 is 14.4 Å². The molecule has 0 radical (unpaired) electrons. The summed E-state index contributed by atoms with van der Waals surface area (Å²) in [7, 11) is 3.07. The van der Waals surface area contributed by atoms with Gasteiger partial charge in [0.05, 0.1) is 21.8 Å². The quantitative estimate of drug-likeness (QED) is 0.750. The van der Waals surface area contributed by atoms with Crippen molar-refractivity contribution in [3.05, 3.63) is 44.7 Å². The van der Waals surface area contributed by atoms with Gasteiger partial charge in [0, 0.05) is 20.3 Å². The van der Waals surface area contributed by atoms with E-state index >= 15 is 0 Å². The summed E-state index contributed by atoms with van der Waals surface area (Å²) in [5.41, 5.74) is 0.972. The third-order valence-electron chi connectivity index (χ3n) is 3.49. The Balaban J connectivity index is 1.86. The largest absolute Gasteiger partial charge is 0.335 e. The predicted octanol–water partition coefficient (Wildman–Crippen LogP) is 2.38. The number of carbonyl (C=O) groups is 3. The first-order chi connectivity index (χ1) is 12.3. The number of carbonyl (C=O) groups excluding carboxylic acids is 3. The Kier molecular flexibility index (Phi) is 6.87. The molecular weight excluding hydrogens is 420 g/mol. The molecule has 0 aliphatic heterocycles. The van der Waals surface area contributed by atoms with Gasteiger partial charge in [0.2, 0.25) is 11.8 Å². The van der Waals surface area contributed by atoms with E-state index in [2.05, 4.69) is 26.2 Å². The van der Waals surface area contributed by atoms with E-state index in [9.17, 15) is 14.4 Å². The lowest BCUT2D eigenvalue weighted by atomic mass is 10.3. The van der Waals surface area contributed by atoms with E-state index in [4.69, 9.17) is 0 Å². The maximum absolute atomic E-state index is 12.3. The number of hydrogen-bond donors (Lipinski definition) is 1. The van der Waals surface area contributed by atoms with Crippen LogP contribution in [0.5, 0.6) is 0 Å². The van der Waals surface area contributed by atoms with Crippen molar-refractivity contribution in [2.75, 3.05) is 32.5 Å². The highest BCUT2D eigenvalue weighted by molar-refractivity contribution is 9.11. The molecule has 0 aromatic carbocycles. The molecule has 1 N–H and O–H groups in total. The summed E-state index contributed by atoms with van der Waals surface area (Å²) in [4.78, 5) is 43.8. The summed E-state index contributed by atoms with van der Waals surface area (Å²) in [6, 6.07) is 7.04. The Hall–Kier alpha value is -2.26. The summed E-state index contributed by atoms with van der Waals surface area (Å²) >= 11 is 4.61. The molecule has 0 saturated carbocycles. The maximum Gasteiger partial charge on any atom is 0.264 e. The molecule has 2 aromatic rings. The number of pyridine rings is 1. The number of rotatable bonds is 6. The monoisotopic (exact) mass is 438 g/mol. The molecule has 3 amide bonds. The molecule has 0 atom stereocenters. The van der Waals surface area contributed by atoms with Crippen LogP contribution in [-0.4, -0.2) is 59.7 Å². The lowest BCUT2D eigenvalue weighted by Crippen LogP contribution is -2.42. The molecule has 2 aromatic heterocycles. The fourth-order valence-corrected chi connectivity index (χ4v) is 3.48. The van der Waals surface area contributed by atoms with Crippen molar-refractivity contribution in [3.8, 4) is 0 Å². The van der Waals surface area contributed by atoms with Crippen molar-refractivity contribution in [1.82, 2.24) is 14.8 Å². The third kappa shape index (κ3) is 5.63. The number of anilines is 1. The fraction of sp³-hybridized carbons (Fsp3) is 0.294. The number of thiophene rings is 1. The van der Waals surface area contributed by atoms with Crippen LogP contribution in [0.25, 0.3) is 0 Å². The van der Waals surface area contributed by atoms with Gasteiger partial charge >= 0.3 is 0 Å². The van der Waals surface area contributed by atoms with Crippen LogP contribution < -0.4 is 5.32 Å². The van der Waals surface area contributed by atoms with E-state index in [-0.39, 0.29) is 30.8 Å². The van der Waals surface area contributed by atoms with Gasteiger partial charge in [-0.2, -0.15) is 0 Å². The predicted molar refractivity (Wildman–Crippen MR) is 104 cm³/mol. The van der Waals surface area contributed by atoms with Gasteiger partial charge in [-0.15, -0.1) is 11.3 Å². The number of aryl methyl sites for hydroxylation is 1. The van der Waals surface area contributed by atoms with Crippen LogP contribution in [0, 0.1) is 6.92 Å². The Bertz CT molecular complexity index is 824. The third-order valence-corrected chi connectivity index (χ3v) is 5.10. The van der Waals surface area contributed by atoms with Gasteiger partial charge in [-0.25, -0.2) is 4.98 Å². The average molecular weight is 439 g/mol. The van der Waals surface area contributed by atoms with Crippen molar-refractivity contribution in [2.45, 2.75) is 6.92 Å². The van der Waals surface area contributed by atoms with Crippen LogP contribution >= 0.6 is 27.3 Å². The minimum absolute atomic E-state index is 0.110. The van der Waals surface area contributed by atoms with Gasteiger partial charge in [-0.05, 0) is 52.7 Å². The lowest BCUT2D eigenvalue weighted by Gasteiger charge is -2.21. The first-order valence-electron chi connectivity index (χ1n) is 7.73. The fourth-order valence-electron chi connectivity index (χ4n) is 2.10. The molecule has 0 aliphatic carbocycles. The molecule has 0 unspecified atom stereocenters. The van der Waals surface area contributed by atoms with Crippen molar-refractivity contribution in [1.29, 1.82) is 0 Å². The van der Waals surface area contributed by atoms with Crippen molar-refractivity contribution in [2.24, 2.45) is 0 Å². The first-order valence-corrected chi connectivity index (χ1v) is 9.34. The zero-order valence-corrected chi connectivity index (χ0v) is 17.1. The molecule has 0 aliphatic rings. The van der Waals surface area contributed by atoms with Gasteiger partial charge in [0.1, 0.15) is 5.82 Å². The SMILES string of the molecule is Cc1ccnc(NC(=O)CN(C)C(=O)CN(C)C(=O)c2ccc(Br)s2)c1. The number of nitrogens with one attached hydrogen (secondary N) is 1. The summed E-state index contributed by atoms with van der Waals surface area (Å²) in [5.74, 6) is -0.485. The van der Waals surface area contributed by atoms with Gasteiger partial charge in [-0.1, -0.05) is 0 Å². The Labute approximate surface area is 164 Å². The lowest BCUT2D eigenvalue weighted by molar-refractivity contribution is -0.133. The second-order valence-electron chi connectivity index (χ2n) is 5.78. The van der Waals surface area contributed by atoms with E-state index in [1.54, 1.807) is 31.4 Å². The molecule has 0 saturated heterocycles. The first kappa shape index (κ1) is 20.1. The Morgan fingerprint density at radius 3 is 2.50 bits per heavy atom. The highest BCUT2D eigenvalue weighted by atomic mass is 79.9. The Morgan fingerprint density at radius 1 is 1.15 bits per heavy atom. The summed E-state index contributed by atoms with van der Waals surface area (Å²) < 4.78 is 0.846. The Morgan fingerprint density at radius 2 is 1.88 bits per heavy atom. The van der Waals surface area contributed by atoms with Crippen molar-refractivity contribution >= 4 is 50.8 Å². The second-order valence-corrected chi connectivity index (χ2v) is 8.24. The molecule has 2 heterocycles. The number of hydrogen-bond acceptors (Lipinski definition) is 5. The molecule has 138 valence electrons. The molecule has 0 spiro atoms. The summed E-state index contributed by atoms with van der Waals surface area (Å²) in [6.07, 6.45) is 1.60. The van der Waals surface area contributed by atoms with E-state index in [1.807, 2.05) is 13.0 Å². The molecule has 0 bridgehead atoms. The highest BCUT2D eigenvalue weighted by Gasteiger charge is 2.20. The van der Waals surface area contributed by atoms with Crippen LogP contribution in [0.4, 0.5) is 5.82 Å². The van der Waals surface area contributed by atoms with Crippen LogP contribution in [0.3, 0.4) is 0 Å². The minimum Gasteiger partial charge on any atom is -0.335 e. The zero-order chi connectivity index (χ0) is 19.3. The molecule has 7 nitrogen and oxygen atoms in total. The number of amides is 3. The summed E-state index contributed by atoms with van der Waals surface area (Å²) in [5, 5.41) is 2.65. The second kappa shape index (κ2) is 8.91. The van der Waals surface area contributed by atoms with E-state index in [1.165, 1.54) is 28.2 Å². The number of aromatic nitrogens is 1. The molecule has 9 heteroatoms. The topological polar surface area (TPSA) is 82.6 Å². The number of nitrogens with zero attached hydrogens (tertiary/aromatic N) is 3. The molecule has 26 heavy (non-hydrogen) atoms. The molecule has 2 rings (SSSR count). The van der Waals surface area contributed by atoms with Gasteiger partial charge in [0.15, 0.2) is 0 Å². The maximum atomic E-state index is 12.3. The minimum atomic E-state index is -0.352. The van der Waals surface area contributed by atoms with E-state index < -0.39 is 0 Å². The standard InChI is InChI=1S/C17H19BrN4O3S/c1-11-6-7-19-14(8-11)20-15(23)9-21(2)16(24)10-22(3)17(25)12-4-5-13(18)26-12/h4-8H,9-10H2,1-3H3,(H,19,20,23). The van der Waals surface area contributed by atoms with E-state index in [0.29, 0.717) is 10.7 Å². The molecular formula is C17H19BrN4O3S. The highest BCUT2D eigenvalue weighted by Crippen LogP contribution is 2.23. The van der Waals surface area contributed by atoms with Gasteiger partial charge < -0.3 is 15.1 Å². The van der Waals surface area contributed by atoms with Gasteiger partial charge in [0.25, 0.3) is 5.91 Å². The van der Waals surface area contributed by atoms with Crippen molar-refractivity contribution in [3.63, 3.8) is 0 Å². The number of halogens is 1. The average Bonchev–Trinajstić information content (AvgIpc) is 3.00. The van der Waals surface area contributed by atoms with Crippen LogP contribution in [0.1, 0.15) is 15.2 Å². The molecule has 0 fully saturated rings. The van der Waals surface area contributed by atoms with Gasteiger partial charge in [-0.3, -0.25) is 14.4 Å². The normalized spacial score (nSPS) is 10.3. The smallest absolute Gasteiger partial charge is 0.264 e. The van der Waals surface area contributed by atoms with Crippen LogP contribution in [0.2, 0.25) is 0 Å². The van der Waals surface area contributed by atoms with E-state index in [0.717, 1.165) is 9.35 Å².